The predicted molar refractivity (Wildman–Crippen MR) is 126 cm³/mol. The zero-order chi connectivity index (χ0) is 22.9. The van der Waals surface area contributed by atoms with Crippen LogP contribution >= 0.6 is 0 Å². The Hall–Kier alpha value is -4.72. The van der Waals surface area contributed by atoms with Crippen LogP contribution in [0.5, 0.6) is 0 Å². The second-order valence-corrected chi connectivity index (χ2v) is 8.44. The summed E-state index contributed by atoms with van der Waals surface area (Å²) >= 11 is 0. The molecule has 8 rings (SSSR count). The van der Waals surface area contributed by atoms with E-state index < -0.39 is 22.8 Å². The summed E-state index contributed by atoms with van der Waals surface area (Å²) in [7, 11) is 0. The zero-order valence-corrected chi connectivity index (χ0v) is 17.1. The van der Waals surface area contributed by atoms with Gasteiger partial charge < -0.3 is 0 Å². The van der Waals surface area contributed by atoms with E-state index in [1.807, 2.05) is 0 Å². The van der Waals surface area contributed by atoms with Crippen LogP contribution in [0.2, 0.25) is 0 Å². The molecule has 0 saturated carbocycles. The van der Waals surface area contributed by atoms with E-state index in [9.17, 15) is 18.4 Å². The SMILES string of the molecule is O=c1c2ccc3c4c(ccc(c24)c2nc4cccc(F)c4n12)c(=O)n1c3nc2cccc(F)c21. The van der Waals surface area contributed by atoms with Crippen LogP contribution in [0.1, 0.15) is 0 Å². The van der Waals surface area contributed by atoms with Gasteiger partial charge in [0.2, 0.25) is 0 Å². The molecular weight excluding hydrogens is 438 g/mol. The van der Waals surface area contributed by atoms with Crippen LogP contribution < -0.4 is 11.1 Å². The molecule has 0 atom stereocenters. The lowest BCUT2D eigenvalue weighted by atomic mass is 9.96. The summed E-state index contributed by atoms with van der Waals surface area (Å²) in [6, 6.07) is 15.7. The fourth-order valence-electron chi connectivity index (χ4n) is 5.39. The number of para-hydroxylation sites is 2. The molecule has 0 unspecified atom stereocenters. The van der Waals surface area contributed by atoms with E-state index in [0.717, 1.165) is 0 Å². The molecule has 4 aromatic heterocycles. The molecule has 0 fully saturated rings. The molecule has 0 N–H and O–H groups in total. The van der Waals surface area contributed by atoms with E-state index in [2.05, 4.69) is 9.97 Å². The first-order chi connectivity index (χ1) is 16.5. The lowest BCUT2D eigenvalue weighted by Gasteiger charge is -2.12. The summed E-state index contributed by atoms with van der Waals surface area (Å²) < 4.78 is 32.0. The Morgan fingerprint density at radius 3 is 1.41 bits per heavy atom. The monoisotopic (exact) mass is 448 g/mol. The van der Waals surface area contributed by atoms with Gasteiger partial charge in [-0.25, -0.2) is 18.7 Å². The maximum absolute atomic E-state index is 14.7. The van der Waals surface area contributed by atoms with Crippen LogP contribution in [0.25, 0.3) is 65.7 Å². The highest BCUT2D eigenvalue weighted by Gasteiger charge is 2.23. The average Bonchev–Trinajstić information content (AvgIpc) is 3.42. The van der Waals surface area contributed by atoms with Gasteiger partial charge in [-0.15, -0.1) is 0 Å². The summed E-state index contributed by atoms with van der Waals surface area (Å²) in [4.78, 5) is 36.2. The molecule has 0 spiro atoms. The summed E-state index contributed by atoms with van der Waals surface area (Å²) in [5, 5.41) is 3.05. The van der Waals surface area contributed by atoms with E-state index in [1.165, 1.54) is 20.9 Å². The minimum Gasteiger partial charge on any atom is -0.268 e. The van der Waals surface area contributed by atoms with Gasteiger partial charge in [0.1, 0.15) is 34.0 Å². The van der Waals surface area contributed by atoms with Crippen LogP contribution in [0.15, 0.2) is 70.3 Å². The van der Waals surface area contributed by atoms with Crippen molar-refractivity contribution in [3.63, 3.8) is 0 Å². The van der Waals surface area contributed by atoms with Crippen molar-refractivity contribution in [2.24, 2.45) is 0 Å². The maximum atomic E-state index is 14.7. The molecule has 0 aliphatic heterocycles. The van der Waals surface area contributed by atoms with Gasteiger partial charge in [0.25, 0.3) is 11.1 Å². The zero-order valence-electron chi connectivity index (χ0n) is 17.1. The maximum Gasteiger partial charge on any atom is 0.264 e. The van der Waals surface area contributed by atoms with Gasteiger partial charge in [0.15, 0.2) is 0 Å². The van der Waals surface area contributed by atoms with Crippen molar-refractivity contribution >= 4 is 65.7 Å². The number of benzene rings is 4. The molecule has 0 radical (unpaired) electrons. The Labute approximate surface area is 186 Å². The van der Waals surface area contributed by atoms with Gasteiger partial charge in [-0.2, -0.15) is 0 Å². The molecule has 6 nitrogen and oxygen atoms in total. The lowest BCUT2D eigenvalue weighted by Crippen LogP contribution is -2.17. The summed E-state index contributed by atoms with van der Waals surface area (Å²) in [6.45, 7) is 0. The molecule has 0 amide bonds. The third-order valence-electron chi connectivity index (χ3n) is 6.76. The lowest BCUT2D eigenvalue weighted by molar-refractivity contribution is 0.635. The van der Waals surface area contributed by atoms with Crippen molar-refractivity contribution in [3.8, 4) is 0 Å². The number of aromatic nitrogens is 4. The number of hydrogen-bond acceptors (Lipinski definition) is 4. The summed E-state index contributed by atoms with van der Waals surface area (Å²) in [5.74, 6) is -1.07. The van der Waals surface area contributed by atoms with Crippen LogP contribution in [-0.2, 0) is 0 Å². The molecule has 8 aromatic rings. The highest BCUT2D eigenvalue weighted by atomic mass is 19.1. The topological polar surface area (TPSA) is 68.7 Å². The summed E-state index contributed by atoms with van der Waals surface area (Å²) in [6.07, 6.45) is 0. The first-order valence-electron chi connectivity index (χ1n) is 10.6. The Kier molecular flexibility index (Phi) is 2.93. The molecule has 0 aliphatic carbocycles. The molecule has 8 heteroatoms. The standard InChI is InChI=1S/C26H10F2N4O2/c27-15-3-1-5-17-21(15)31-23(29-17)11-7-9-14-20-12(8-10-13(19(11)20)25(31)33)24-30-18-6-2-4-16(28)22(18)32(24)26(14)34/h1-10H. The summed E-state index contributed by atoms with van der Waals surface area (Å²) in [5.41, 5.74) is 0.776. The molecule has 4 aromatic carbocycles. The quantitative estimate of drug-likeness (QED) is 0.318. The molecule has 0 aliphatic rings. The molecule has 160 valence electrons. The fraction of sp³-hybridized carbons (Fsp3) is 0. The van der Waals surface area contributed by atoms with Gasteiger partial charge in [0, 0.05) is 32.3 Å². The van der Waals surface area contributed by atoms with Crippen molar-refractivity contribution in [1.82, 2.24) is 18.8 Å². The number of nitrogens with zero attached hydrogens (tertiary/aromatic N) is 4. The van der Waals surface area contributed by atoms with Crippen molar-refractivity contribution in [3.05, 3.63) is 93.0 Å². The molecule has 34 heavy (non-hydrogen) atoms. The van der Waals surface area contributed by atoms with Crippen LogP contribution in [0.3, 0.4) is 0 Å². The van der Waals surface area contributed by atoms with Crippen molar-refractivity contribution in [1.29, 1.82) is 0 Å². The Balaban J connectivity index is 1.72. The number of imidazole rings is 2. The number of halogens is 2. The molecular formula is C26H10F2N4O2. The average molecular weight is 448 g/mol. The minimum absolute atomic E-state index is 0.120. The smallest absolute Gasteiger partial charge is 0.264 e. The van der Waals surface area contributed by atoms with Crippen LogP contribution in [0, 0.1) is 11.6 Å². The van der Waals surface area contributed by atoms with Gasteiger partial charge in [-0.05, 0) is 48.5 Å². The van der Waals surface area contributed by atoms with Crippen molar-refractivity contribution in [2.45, 2.75) is 0 Å². The number of fused-ring (bicyclic) bond motifs is 8. The third-order valence-corrected chi connectivity index (χ3v) is 6.76. The Bertz CT molecular complexity index is 2140. The van der Waals surface area contributed by atoms with Crippen LogP contribution in [-0.4, -0.2) is 18.8 Å². The largest absolute Gasteiger partial charge is 0.268 e. The first-order valence-corrected chi connectivity index (χ1v) is 10.6. The molecule has 0 bridgehead atoms. The highest BCUT2D eigenvalue weighted by molar-refractivity contribution is 6.27. The number of rotatable bonds is 0. The molecule has 0 saturated heterocycles. The Morgan fingerprint density at radius 1 is 0.559 bits per heavy atom. The van der Waals surface area contributed by atoms with Gasteiger partial charge in [-0.3, -0.25) is 18.4 Å². The second kappa shape index (κ2) is 5.60. The van der Waals surface area contributed by atoms with Gasteiger partial charge in [-0.1, -0.05) is 12.1 Å². The molecule has 4 heterocycles. The van der Waals surface area contributed by atoms with E-state index in [0.29, 0.717) is 54.6 Å². The predicted octanol–water partition coefficient (Wildman–Crippen LogP) is 4.62. The number of pyridine rings is 2. The van der Waals surface area contributed by atoms with Crippen molar-refractivity contribution < 1.29 is 8.78 Å². The first kappa shape index (κ1) is 17.8. The third kappa shape index (κ3) is 1.84. The minimum atomic E-state index is -0.537. The van der Waals surface area contributed by atoms with Gasteiger partial charge >= 0.3 is 0 Å². The van der Waals surface area contributed by atoms with Gasteiger partial charge in [0.05, 0.1) is 11.0 Å². The normalized spacial score (nSPS) is 12.6. The number of hydrogen-bond donors (Lipinski definition) is 0. The van der Waals surface area contributed by atoms with Crippen molar-refractivity contribution in [2.75, 3.05) is 0 Å². The second-order valence-electron chi connectivity index (χ2n) is 8.44. The van der Waals surface area contributed by atoms with E-state index >= 15 is 0 Å². The highest BCUT2D eigenvalue weighted by Crippen LogP contribution is 2.37. The van der Waals surface area contributed by atoms with E-state index in [-0.39, 0.29) is 11.0 Å². The fourth-order valence-corrected chi connectivity index (χ4v) is 5.39. The van der Waals surface area contributed by atoms with E-state index in [1.54, 1.807) is 48.5 Å². The van der Waals surface area contributed by atoms with Crippen LogP contribution in [0.4, 0.5) is 8.78 Å². The Morgan fingerprint density at radius 2 is 0.971 bits per heavy atom. The van der Waals surface area contributed by atoms with E-state index in [4.69, 9.17) is 0 Å².